The third-order valence-corrected chi connectivity index (χ3v) is 5.23. The maximum Gasteiger partial charge on any atom is 0.416 e. The fraction of sp³-hybridized carbons (Fsp3) is 0.250. The summed E-state index contributed by atoms with van der Waals surface area (Å²) in [4.78, 5) is 12.8. The van der Waals surface area contributed by atoms with E-state index >= 15 is 0 Å². The van der Waals surface area contributed by atoms with Crippen molar-refractivity contribution in [1.29, 1.82) is 0 Å². The van der Waals surface area contributed by atoms with Gasteiger partial charge in [-0.2, -0.15) is 18.3 Å². The minimum atomic E-state index is -4.45. The molecule has 162 valence electrons. The second-order valence-corrected chi connectivity index (χ2v) is 7.62. The Kier molecular flexibility index (Phi) is 6.63. The SMILES string of the molecule is C=C(C)C1CC=C(C)/C(=N/NC(=O)c2ccccc2Nc2cccc(C(F)(F)F)c2)C1. The zero-order valence-corrected chi connectivity index (χ0v) is 17.4. The van der Waals surface area contributed by atoms with Crippen LogP contribution in [0.5, 0.6) is 0 Å². The lowest BCUT2D eigenvalue weighted by molar-refractivity contribution is -0.137. The van der Waals surface area contributed by atoms with Gasteiger partial charge < -0.3 is 5.32 Å². The number of hydrogen-bond acceptors (Lipinski definition) is 3. The number of nitrogens with one attached hydrogen (secondary N) is 2. The van der Waals surface area contributed by atoms with Gasteiger partial charge in [-0.15, -0.1) is 0 Å². The lowest BCUT2D eigenvalue weighted by atomic mass is 9.85. The summed E-state index contributed by atoms with van der Waals surface area (Å²) in [5.41, 5.74) is 5.57. The van der Waals surface area contributed by atoms with Crippen molar-refractivity contribution in [1.82, 2.24) is 5.43 Å². The number of anilines is 2. The Labute approximate surface area is 179 Å². The predicted octanol–water partition coefficient (Wildman–Crippen LogP) is 6.47. The van der Waals surface area contributed by atoms with E-state index in [1.165, 1.54) is 12.1 Å². The van der Waals surface area contributed by atoms with Gasteiger partial charge >= 0.3 is 6.18 Å². The summed E-state index contributed by atoms with van der Waals surface area (Å²) in [5.74, 6) is -0.165. The second kappa shape index (κ2) is 9.20. The third-order valence-electron chi connectivity index (χ3n) is 5.23. The Morgan fingerprint density at radius 3 is 2.61 bits per heavy atom. The van der Waals surface area contributed by atoms with E-state index in [1.54, 1.807) is 24.3 Å². The summed E-state index contributed by atoms with van der Waals surface area (Å²) >= 11 is 0. The van der Waals surface area contributed by atoms with Gasteiger partial charge in [0.15, 0.2) is 0 Å². The highest BCUT2D eigenvalue weighted by Crippen LogP contribution is 2.32. The average Bonchev–Trinajstić information content (AvgIpc) is 2.72. The first-order valence-electron chi connectivity index (χ1n) is 9.88. The van der Waals surface area contributed by atoms with E-state index in [-0.39, 0.29) is 17.2 Å². The Morgan fingerprint density at radius 2 is 1.90 bits per heavy atom. The average molecular weight is 427 g/mol. The van der Waals surface area contributed by atoms with Crippen molar-refractivity contribution in [2.24, 2.45) is 11.0 Å². The van der Waals surface area contributed by atoms with Crippen molar-refractivity contribution in [2.75, 3.05) is 5.32 Å². The molecular weight excluding hydrogens is 403 g/mol. The number of benzene rings is 2. The number of hydrazone groups is 1. The minimum absolute atomic E-state index is 0.233. The van der Waals surface area contributed by atoms with Crippen LogP contribution in [0.15, 0.2) is 77.4 Å². The van der Waals surface area contributed by atoms with Crippen molar-refractivity contribution >= 4 is 23.0 Å². The maximum atomic E-state index is 13.0. The molecule has 0 bridgehead atoms. The van der Waals surface area contributed by atoms with Crippen molar-refractivity contribution in [3.63, 3.8) is 0 Å². The van der Waals surface area contributed by atoms with Crippen LogP contribution in [0.2, 0.25) is 0 Å². The van der Waals surface area contributed by atoms with Crippen LogP contribution < -0.4 is 10.7 Å². The van der Waals surface area contributed by atoms with Gasteiger partial charge in [0.25, 0.3) is 5.91 Å². The molecule has 4 nitrogen and oxygen atoms in total. The topological polar surface area (TPSA) is 53.5 Å². The highest BCUT2D eigenvalue weighted by Gasteiger charge is 2.30. The summed E-state index contributed by atoms with van der Waals surface area (Å²) in [6.07, 6.45) is -0.769. The van der Waals surface area contributed by atoms with Crippen LogP contribution in [0.25, 0.3) is 0 Å². The molecule has 31 heavy (non-hydrogen) atoms. The Bertz CT molecular complexity index is 1050. The molecule has 1 amide bonds. The number of allylic oxidation sites excluding steroid dienone is 3. The second-order valence-electron chi connectivity index (χ2n) is 7.62. The van der Waals surface area contributed by atoms with E-state index in [1.807, 2.05) is 13.8 Å². The quantitative estimate of drug-likeness (QED) is 0.425. The lowest BCUT2D eigenvalue weighted by Crippen LogP contribution is -2.23. The fourth-order valence-corrected chi connectivity index (χ4v) is 3.32. The summed E-state index contributed by atoms with van der Waals surface area (Å²) in [6.45, 7) is 7.93. The molecule has 2 aromatic carbocycles. The maximum absolute atomic E-state index is 13.0. The van der Waals surface area contributed by atoms with Crippen LogP contribution in [0, 0.1) is 5.92 Å². The summed E-state index contributed by atoms with van der Waals surface area (Å²) in [7, 11) is 0. The van der Waals surface area contributed by atoms with E-state index in [0.29, 0.717) is 12.1 Å². The van der Waals surface area contributed by atoms with E-state index in [0.717, 1.165) is 35.4 Å². The van der Waals surface area contributed by atoms with Crippen LogP contribution in [-0.4, -0.2) is 11.6 Å². The molecule has 0 saturated heterocycles. The smallest absolute Gasteiger partial charge is 0.355 e. The molecule has 2 N–H and O–H groups in total. The van der Waals surface area contributed by atoms with Crippen molar-refractivity contribution in [2.45, 2.75) is 32.9 Å². The molecule has 0 radical (unpaired) electrons. The monoisotopic (exact) mass is 427 g/mol. The number of hydrogen-bond donors (Lipinski definition) is 2. The van der Waals surface area contributed by atoms with Gasteiger partial charge in [-0.25, -0.2) is 5.43 Å². The van der Waals surface area contributed by atoms with Crippen LogP contribution >= 0.6 is 0 Å². The molecule has 1 aliphatic rings. The van der Waals surface area contributed by atoms with Crippen LogP contribution in [0.4, 0.5) is 24.5 Å². The standard InChI is InChI=1S/C24H24F3N3O/c1-15(2)17-12-11-16(3)22(13-17)29-30-23(31)20-9-4-5-10-21(20)28-19-8-6-7-18(14-19)24(25,26)27/h4-11,14,17,28H,1,12-13H2,2-3H3,(H,30,31)/b29-22+. The number of nitrogens with zero attached hydrogens (tertiary/aromatic N) is 1. The van der Waals surface area contributed by atoms with E-state index in [9.17, 15) is 18.0 Å². The minimum Gasteiger partial charge on any atom is -0.355 e. The Balaban J connectivity index is 1.79. The highest BCUT2D eigenvalue weighted by atomic mass is 19.4. The predicted molar refractivity (Wildman–Crippen MR) is 117 cm³/mol. The first-order chi connectivity index (χ1) is 14.6. The number of alkyl halides is 3. The van der Waals surface area contributed by atoms with Crippen molar-refractivity contribution in [3.8, 4) is 0 Å². The number of carbonyl (C=O) groups excluding carboxylic acids is 1. The normalized spacial score (nSPS) is 17.8. The highest BCUT2D eigenvalue weighted by molar-refractivity contribution is 6.04. The van der Waals surface area contributed by atoms with Crippen LogP contribution in [0.1, 0.15) is 42.6 Å². The molecule has 0 spiro atoms. The molecule has 1 atom stereocenters. The Morgan fingerprint density at radius 1 is 1.16 bits per heavy atom. The van der Waals surface area contributed by atoms with Gasteiger partial charge in [0, 0.05) is 5.69 Å². The van der Waals surface area contributed by atoms with E-state index in [2.05, 4.69) is 28.5 Å². The number of rotatable bonds is 5. The molecule has 0 saturated carbocycles. The first kappa shape index (κ1) is 22.3. The number of para-hydroxylation sites is 1. The summed E-state index contributed by atoms with van der Waals surface area (Å²) in [6, 6.07) is 11.4. The fourth-order valence-electron chi connectivity index (χ4n) is 3.32. The van der Waals surface area contributed by atoms with Gasteiger partial charge in [0.1, 0.15) is 0 Å². The summed E-state index contributed by atoms with van der Waals surface area (Å²) in [5, 5.41) is 7.20. The number of amides is 1. The molecular formula is C24H24F3N3O. The molecule has 0 aromatic heterocycles. The molecule has 3 rings (SSSR count). The molecule has 2 aromatic rings. The van der Waals surface area contributed by atoms with Gasteiger partial charge in [0.2, 0.25) is 0 Å². The molecule has 0 fully saturated rings. The molecule has 0 aliphatic heterocycles. The largest absolute Gasteiger partial charge is 0.416 e. The molecule has 7 heteroatoms. The van der Waals surface area contributed by atoms with E-state index in [4.69, 9.17) is 0 Å². The Hall–Kier alpha value is -3.35. The van der Waals surface area contributed by atoms with Gasteiger partial charge in [0.05, 0.1) is 22.5 Å². The zero-order chi connectivity index (χ0) is 22.6. The zero-order valence-electron chi connectivity index (χ0n) is 17.4. The number of carbonyl (C=O) groups is 1. The molecule has 1 unspecified atom stereocenters. The van der Waals surface area contributed by atoms with Crippen molar-refractivity contribution in [3.05, 3.63) is 83.5 Å². The van der Waals surface area contributed by atoms with Crippen LogP contribution in [0.3, 0.4) is 0 Å². The lowest BCUT2D eigenvalue weighted by Gasteiger charge is -2.22. The summed E-state index contributed by atoms with van der Waals surface area (Å²) < 4.78 is 39.0. The number of halogens is 3. The van der Waals surface area contributed by atoms with E-state index < -0.39 is 17.6 Å². The first-order valence-corrected chi connectivity index (χ1v) is 9.88. The van der Waals surface area contributed by atoms with Gasteiger partial charge in [-0.05, 0) is 68.5 Å². The van der Waals surface area contributed by atoms with Gasteiger partial charge in [-0.3, -0.25) is 4.79 Å². The van der Waals surface area contributed by atoms with Crippen molar-refractivity contribution < 1.29 is 18.0 Å². The molecule has 0 heterocycles. The van der Waals surface area contributed by atoms with Crippen LogP contribution in [-0.2, 0) is 6.18 Å². The molecule has 1 aliphatic carbocycles. The van der Waals surface area contributed by atoms with Gasteiger partial charge in [-0.1, -0.05) is 36.4 Å². The third kappa shape index (κ3) is 5.63.